The molecule has 1 amide bonds. The molecule has 0 aromatic heterocycles. The fourth-order valence-corrected chi connectivity index (χ4v) is 2.45. The maximum Gasteiger partial charge on any atom is 0.223 e. The summed E-state index contributed by atoms with van der Waals surface area (Å²) in [6, 6.07) is 18.1. The summed E-state index contributed by atoms with van der Waals surface area (Å²) in [5.74, 6) is 1.22. The Morgan fingerprint density at radius 1 is 1.13 bits per heavy atom. The monoisotopic (exact) mass is 311 g/mol. The molecule has 1 atom stereocenters. The van der Waals surface area contributed by atoms with E-state index in [2.05, 4.69) is 19.1 Å². The third kappa shape index (κ3) is 5.44. The summed E-state index contributed by atoms with van der Waals surface area (Å²) in [4.78, 5) is 14.0. The summed E-state index contributed by atoms with van der Waals surface area (Å²) in [6.07, 6.45) is 0.519. The molecule has 0 saturated heterocycles. The maximum atomic E-state index is 12.3. The Kier molecular flexibility index (Phi) is 6.21. The number of hydrogen-bond acceptors (Lipinski definition) is 2. The van der Waals surface area contributed by atoms with Gasteiger partial charge in [-0.15, -0.1) is 0 Å². The first-order valence-corrected chi connectivity index (χ1v) is 8.04. The van der Waals surface area contributed by atoms with Gasteiger partial charge in [0.2, 0.25) is 5.91 Å². The van der Waals surface area contributed by atoms with Crippen LogP contribution in [-0.4, -0.2) is 31.0 Å². The minimum Gasteiger partial charge on any atom is -0.492 e. The summed E-state index contributed by atoms with van der Waals surface area (Å²) in [6.45, 7) is 5.22. The van der Waals surface area contributed by atoms with Crippen LogP contribution in [0.15, 0.2) is 54.6 Å². The van der Waals surface area contributed by atoms with Crippen LogP contribution in [0.3, 0.4) is 0 Å². The van der Waals surface area contributed by atoms with E-state index in [-0.39, 0.29) is 11.8 Å². The quantitative estimate of drug-likeness (QED) is 0.773. The molecular weight excluding hydrogens is 286 g/mol. The average molecular weight is 311 g/mol. The molecule has 0 spiro atoms. The highest BCUT2D eigenvalue weighted by Crippen LogP contribution is 2.19. The Hall–Kier alpha value is -2.29. The highest BCUT2D eigenvalue weighted by Gasteiger charge is 2.14. The van der Waals surface area contributed by atoms with Crippen molar-refractivity contribution < 1.29 is 9.53 Å². The summed E-state index contributed by atoms with van der Waals surface area (Å²) in [5.41, 5.74) is 2.37. The number of hydrogen-bond donors (Lipinski definition) is 0. The maximum absolute atomic E-state index is 12.3. The van der Waals surface area contributed by atoms with Gasteiger partial charge in [0, 0.05) is 13.5 Å². The molecule has 2 rings (SSSR count). The molecule has 1 unspecified atom stereocenters. The van der Waals surface area contributed by atoms with Crippen molar-refractivity contribution in [2.45, 2.75) is 26.2 Å². The van der Waals surface area contributed by atoms with E-state index < -0.39 is 0 Å². The zero-order valence-corrected chi connectivity index (χ0v) is 14.2. The van der Waals surface area contributed by atoms with Gasteiger partial charge in [-0.2, -0.15) is 0 Å². The normalized spacial score (nSPS) is 11.8. The molecule has 122 valence electrons. The number of rotatable bonds is 7. The smallest absolute Gasteiger partial charge is 0.223 e. The second-order valence-corrected chi connectivity index (χ2v) is 6.00. The van der Waals surface area contributed by atoms with Crippen molar-refractivity contribution in [3.8, 4) is 5.75 Å². The van der Waals surface area contributed by atoms with Crippen molar-refractivity contribution in [2.24, 2.45) is 0 Å². The van der Waals surface area contributed by atoms with Crippen molar-refractivity contribution in [3.05, 3.63) is 65.7 Å². The lowest BCUT2D eigenvalue weighted by Gasteiger charge is -2.20. The number of nitrogens with zero attached hydrogens (tertiary/aromatic N) is 1. The molecule has 2 aromatic carbocycles. The molecule has 2 aromatic rings. The Labute approximate surface area is 138 Å². The lowest BCUT2D eigenvalue weighted by molar-refractivity contribution is -0.130. The van der Waals surface area contributed by atoms with Gasteiger partial charge in [-0.1, -0.05) is 49.4 Å². The molecule has 3 heteroatoms. The van der Waals surface area contributed by atoms with E-state index in [1.807, 2.05) is 56.4 Å². The number of aryl methyl sites for hydroxylation is 1. The van der Waals surface area contributed by atoms with E-state index in [9.17, 15) is 4.79 Å². The first kappa shape index (κ1) is 17.1. The van der Waals surface area contributed by atoms with Gasteiger partial charge in [0.15, 0.2) is 0 Å². The van der Waals surface area contributed by atoms with Crippen LogP contribution < -0.4 is 4.74 Å². The standard InChI is InChI=1S/C20H25NO2/c1-16-8-7-11-19(14-16)23-13-12-21(3)20(22)15-17(2)18-9-5-4-6-10-18/h4-11,14,17H,12-13,15H2,1-3H3. The number of carbonyl (C=O) groups excluding carboxylic acids is 1. The third-order valence-corrected chi connectivity index (χ3v) is 3.96. The number of amides is 1. The summed E-state index contributed by atoms with van der Waals surface area (Å²) >= 11 is 0. The fourth-order valence-electron chi connectivity index (χ4n) is 2.45. The van der Waals surface area contributed by atoms with Gasteiger partial charge < -0.3 is 9.64 Å². The van der Waals surface area contributed by atoms with Gasteiger partial charge >= 0.3 is 0 Å². The SMILES string of the molecule is Cc1cccc(OCCN(C)C(=O)CC(C)c2ccccc2)c1. The second-order valence-electron chi connectivity index (χ2n) is 6.00. The molecule has 23 heavy (non-hydrogen) atoms. The minimum absolute atomic E-state index is 0.147. The fraction of sp³-hybridized carbons (Fsp3) is 0.350. The predicted molar refractivity (Wildman–Crippen MR) is 93.8 cm³/mol. The Morgan fingerprint density at radius 3 is 2.57 bits per heavy atom. The van der Waals surface area contributed by atoms with Gasteiger partial charge in [-0.3, -0.25) is 4.79 Å². The molecule has 0 aliphatic heterocycles. The first-order valence-electron chi connectivity index (χ1n) is 8.04. The Bertz CT molecular complexity index is 625. The number of carbonyl (C=O) groups is 1. The minimum atomic E-state index is 0.147. The topological polar surface area (TPSA) is 29.5 Å². The summed E-state index contributed by atoms with van der Waals surface area (Å²) < 4.78 is 5.70. The third-order valence-electron chi connectivity index (χ3n) is 3.96. The van der Waals surface area contributed by atoms with Crippen LogP contribution in [0, 0.1) is 6.92 Å². The molecule has 0 aliphatic rings. The highest BCUT2D eigenvalue weighted by molar-refractivity contribution is 5.76. The summed E-state index contributed by atoms with van der Waals surface area (Å²) in [5, 5.41) is 0. The van der Waals surface area contributed by atoms with E-state index >= 15 is 0 Å². The Morgan fingerprint density at radius 2 is 1.87 bits per heavy atom. The molecule has 0 aliphatic carbocycles. The molecule has 0 fully saturated rings. The van der Waals surface area contributed by atoms with Gasteiger partial charge in [-0.25, -0.2) is 0 Å². The molecule has 0 radical (unpaired) electrons. The van der Waals surface area contributed by atoms with Crippen molar-refractivity contribution in [1.82, 2.24) is 4.90 Å². The van der Waals surface area contributed by atoms with Gasteiger partial charge in [-0.05, 0) is 36.1 Å². The van der Waals surface area contributed by atoms with Crippen LogP contribution in [0.1, 0.15) is 30.4 Å². The highest BCUT2D eigenvalue weighted by atomic mass is 16.5. The molecule has 0 saturated carbocycles. The molecule has 0 N–H and O–H groups in total. The van der Waals surface area contributed by atoms with Crippen molar-refractivity contribution in [2.75, 3.05) is 20.2 Å². The molecule has 3 nitrogen and oxygen atoms in total. The van der Waals surface area contributed by atoms with Crippen LogP contribution in [0.5, 0.6) is 5.75 Å². The number of ether oxygens (including phenoxy) is 1. The van der Waals surface area contributed by atoms with E-state index in [1.165, 1.54) is 11.1 Å². The van der Waals surface area contributed by atoms with Crippen molar-refractivity contribution >= 4 is 5.91 Å². The Balaban J connectivity index is 1.76. The van der Waals surface area contributed by atoms with Crippen LogP contribution in [-0.2, 0) is 4.79 Å². The number of likely N-dealkylation sites (N-methyl/N-ethyl adjacent to an activating group) is 1. The first-order chi connectivity index (χ1) is 11.1. The zero-order chi connectivity index (χ0) is 16.7. The van der Waals surface area contributed by atoms with E-state index in [4.69, 9.17) is 4.74 Å². The van der Waals surface area contributed by atoms with Gasteiger partial charge in [0.25, 0.3) is 0 Å². The van der Waals surface area contributed by atoms with E-state index in [0.29, 0.717) is 19.6 Å². The second kappa shape index (κ2) is 8.37. The van der Waals surface area contributed by atoms with Crippen molar-refractivity contribution in [1.29, 1.82) is 0 Å². The van der Waals surface area contributed by atoms with Crippen LogP contribution in [0.2, 0.25) is 0 Å². The largest absolute Gasteiger partial charge is 0.492 e. The average Bonchev–Trinajstić information content (AvgIpc) is 2.55. The number of benzene rings is 2. The van der Waals surface area contributed by atoms with E-state index in [1.54, 1.807) is 4.90 Å². The molecule has 0 heterocycles. The molecular formula is C20H25NO2. The van der Waals surface area contributed by atoms with Crippen LogP contribution in [0.25, 0.3) is 0 Å². The van der Waals surface area contributed by atoms with E-state index in [0.717, 1.165) is 5.75 Å². The van der Waals surface area contributed by atoms with Gasteiger partial charge in [0.1, 0.15) is 12.4 Å². The summed E-state index contributed by atoms with van der Waals surface area (Å²) in [7, 11) is 1.83. The lowest BCUT2D eigenvalue weighted by atomic mass is 9.97. The zero-order valence-electron chi connectivity index (χ0n) is 14.2. The van der Waals surface area contributed by atoms with Crippen molar-refractivity contribution in [3.63, 3.8) is 0 Å². The van der Waals surface area contributed by atoms with Gasteiger partial charge in [0.05, 0.1) is 6.54 Å². The predicted octanol–water partition coefficient (Wildman–Crippen LogP) is 4.03. The molecule has 0 bridgehead atoms. The van der Waals surface area contributed by atoms with Crippen LogP contribution in [0.4, 0.5) is 0 Å². The lowest BCUT2D eigenvalue weighted by Crippen LogP contribution is -2.31. The van der Waals surface area contributed by atoms with Crippen LogP contribution >= 0.6 is 0 Å².